The Morgan fingerprint density at radius 3 is 1.93 bits per heavy atom. The largest absolute Gasteiger partial charge is 0.460 e. The lowest BCUT2D eigenvalue weighted by atomic mass is 10.0. The van der Waals surface area contributed by atoms with Crippen molar-refractivity contribution in [2.45, 2.75) is 108 Å². The molecule has 0 aliphatic carbocycles. The number of nitrogens with one attached hydrogen (secondary N) is 4. The van der Waals surface area contributed by atoms with E-state index in [9.17, 15) is 33.9 Å². The van der Waals surface area contributed by atoms with Crippen molar-refractivity contribution in [3.8, 4) is 0 Å². The van der Waals surface area contributed by atoms with Crippen molar-refractivity contribution in [2.24, 2.45) is 5.73 Å². The number of halogens is 1. The number of aliphatic hydroxyl groups excluding tert-OH is 1. The van der Waals surface area contributed by atoms with Crippen LogP contribution >= 0.6 is 15.9 Å². The molecule has 1 aromatic carbocycles. The lowest BCUT2D eigenvalue weighted by Gasteiger charge is -2.25. The van der Waals surface area contributed by atoms with Gasteiger partial charge in [0, 0.05) is 23.9 Å². The predicted octanol–water partition coefficient (Wildman–Crippen LogP) is 1.94. The maximum atomic E-state index is 13.6. The average Bonchev–Trinajstić information content (AvgIpc) is 2.94. The topological polar surface area (TPSA) is 215 Å². The fourth-order valence-electron chi connectivity index (χ4n) is 4.02. The number of benzene rings is 1. The van der Waals surface area contributed by atoms with Crippen molar-refractivity contribution >= 4 is 51.6 Å². The number of aliphatic hydroxyl groups is 1. The van der Waals surface area contributed by atoms with Crippen LogP contribution in [0.4, 0.5) is 4.79 Å². The Labute approximate surface area is 278 Å². The van der Waals surface area contributed by atoms with Crippen LogP contribution in [0.1, 0.15) is 89.6 Å². The molecule has 0 heterocycles. The van der Waals surface area contributed by atoms with E-state index >= 15 is 0 Å². The Balaban J connectivity index is 3.14. The minimum atomic E-state index is -1.40. The quantitative estimate of drug-likeness (QED) is 0.0789. The smallest absolute Gasteiger partial charge is 0.407 e. The average molecular weight is 715 g/mol. The number of ether oxygens (including phenoxy) is 2. The number of hydrogen-bond acceptors (Lipinski definition) is 9. The van der Waals surface area contributed by atoms with Gasteiger partial charge in [0.1, 0.15) is 29.3 Å². The number of primary amides is 1. The molecule has 0 unspecified atom stereocenters. The minimum absolute atomic E-state index is 0.0592. The first kappa shape index (κ1) is 40.3. The van der Waals surface area contributed by atoms with Crippen LogP contribution < -0.4 is 27.0 Å². The molecule has 1 rings (SSSR count). The number of alkyl halides is 1. The number of amides is 5. The predicted molar refractivity (Wildman–Crippen MR) is 174 cm³/mol. The Bertz CT molecular complexity index is 1210. The van der Waals surface area contributed by atoms with E-state index < -0.39 is 71.6 Å². The molecule has 0 saturated heterocycles. The number of rotatable bonds is 17. The van der Waals surface area contributed by atoms with E-state index in [1.54, 1.807) is 65.8 Å². The highest BCUT2D eigenvalue weighted by atomic mass is 79.9. The van der Waals surface area contributed by atoms with Crippen LogP contribution in [-0.2, 0) is 34.0 Å². The lowest BCUT2D eigenvalue weighted by Crippen LogP contribution is -2.57. The highest BCUT2D eigenvalue weighted by Gasteiger charge is 2.30. The van der Waals surface area contributed by atoms with Crippen molar-refractivity contribution < 1.29 is 43.3 Å². The molecule has 0 aromatic heterocycles. The second kappa shape index (κ2) is 19.1. The zero-order valence-electron chi connectivity index (χ0n) is 27.4. The molecule has 1 aromatic rings. The van der Waals surface area contributed by atoms with E-state index in [1.807, 2.05) is 0 Å². The van der Waals surface area contributed by atoms with Crippen LogP contribution in [0.25, 0.3) is 0 Å². The number of esters is 1. The second-order valence-corrected chi connectivity index (χ2v) is 13.1. The fraction of sp³-hybridized carbons (Fsp3) is 0.613. The summed E-state index contributed by atoms with van der Waals surface area (Å²) >= 11 is 3.34. The van der Waals surface area contributed by atoms with Gasteiger partial charge in [0.15, 0.2) is 0 Å². The molecule has 0 saturated carbocycles. The van der Waals surface area contributed by atoms with E-state index in [0.717, 1.165) is 0 Å². The summed E-state index contributed by atoms with van der Waals surface area (Å²) < 4.78 is 10.5. The first-order valence-corrected chi connectivity index (χ1v) is 16.1. The summed E-state index contributed by atoms with van der Waals surface area (Å²) in [5, 5.41) is 20.0. The molecule has 0 radical (unpaired) electrons. The second-order valence-electron chi connectivity index (χ2n) is 12.6. The number of alkyl carbamates (subject to hydrolysis) is 1. The van der Waals surface area contributed by atoms with Gasteiger partial charge < -0.3 is 41.6 Å². The van der Waals surface area contributed by atoms with Gasteiger partial charge in [-0.05, 0) is 78.9 Å². The van der Waals surface area contributed by atoms with Crippen LogP contribution in [0.3, 0.4) is 0 Å². The molecule has 0 fully saturated rings. The van der Waals surface area contributed by atoms with Gasteiger partial charge in [0.2, 0.25) is 17.7 Å². The van der Waals surface area contributed by atoms with E-state index in [-0.39, 0.29) is 25.8 Å². The van der Waals surface area contributed by atoms with E-state index in [2.05, 4.69) is 37.2 Å². The Morgan fingerprint density at radius 1 is 0.826 bits per heavy atom. The van der Waals surface area contributed by atoms with E-state index in [4.69, 9.17) is 15.2 Å². The summed E-state index contributed by atoms with van der Waals surface area (Å²) in [5.74, 6) is -3.69. The molecule has 258 valence electrons. The van der Waals surface area contributed by atoms with Crippen LogP contribution in [0, 0.1) is 0 Å². The van der Waals surface area contributed by atoms with Crippen LogP contribution in [0.5, 0.6) is 0 Å². The standard InChI is InChI=1S/C31H48BrN5O9/c1-30(2,3)45-24(39)15-14-22(35-26(41)20-12-8-7-11-19(20)17-32)28(43)36-21(27(42)37-23(18-38)25(33)40)13-9-10-16-34-29(44)46-31(4,5)6/h7-8,11-12,21-23,38H,9-10,13-18H2,1-6H3,(H2,33,40)(H,34,44)(H,35,41)(H,36,43)(H,37,42)/t21-,22-,23-/m0/s1. The van der Waals surface area contributed by atoms with Crippen molar-refractivity contribution in [1.29, 1.82) is 0 Å². The third kappa shape index (κ3) is 16.0. The van der Waals surface area contributed by atoms with Gasteiger partial charge in [0.05, 0.1) is 6.61 Å². The van der Waals surface area contributed by atoms with Crippen LogP contribution in [0.15, 0.2) is 24.3 Å². The first-order chi connectivity index (χ1) is 21.4. The number of nitrogens with two attached hydrogens (primary N) is 1. The van der Waals surface area contributed by atoms with Crippen LogP contribution in [0.2, 0.25) is 0 Å². The molecule has 0 aliphatic rings. The summed E-state index contributed by atoms with van der Waals surface area (Å²) in [4.78, 5) is 76.0. The first-order valence-electron chi connectivity index (χ1n) is 15.0. The molecule has 3 atom stereocenters. The minimum Gasteiger partial charge on any atom is -0.460 e. The van der Waals surface area contributed by atoms with Gasteiger partial charge in [-0.3, -0.25) is 24.0 Å². The molecular weight excluding hydrogens is 666 g/mol. The number of unbranched alkanes of at least 4 members (excludes halogenated alkanes) is 1. The van der Waals surface area contributed by atoms with Gasteiger partial charge in [0.25, 0.3) is 5.91 Å². The maximum absolute atomic E-state index is 13.6. The number of carbonyl (C=O) groups excluding carboxylic acids is 6. The zero-order chi connectivity index (χ0) is 35.1. The summed E-state index contributed by atoms with van der Waals surface area (Å²) in [7, 11) is 0. The Morgan fingerprint density at radius 2 is 1.39 bits per heavy atom. The lowest BCUT2D eigenvalue weighted by molar-refractivity contribution is -0.155. The Hall–Kier alpha value is -3.72. The van der Waals surface area contributed by atoms with Crippen molar-refractivity contribution in [2.75, 3.05) is 13.2 Å². The third-order valence-corrected chi connectivity index (χ3v) is 6.75. The molecular formula is C31H48BrN5O9. The summed E-state index contributed by atoms with van der Waals surface area (Å²) in [6.45, 7) is 9.75. The van der Waals surface area contributed by atoms with Crippen molar-refractivity contribution in [1.82, 2.24) is 21.3 Å². The normalized spacial score (nSPS) is 13.4. The summed E-state index contributed by atoms with van der Waals surface area (Å²) in [6, 6.07) is 2.89. The van der Waals surface area contributed by atoms with Gasteiger partial charge in [-0.2, -0.15) is 0 Å². The summed E-state index contributed by atoms with van der Waals surface area (Å²) in [5.41, 5.74) is 4.80. The SMILES string of the molecule is CC(C)(C)OC(=O)CC[C@H](NC(=O)c1ccccc1CBr)C(=O)N[C@@H](CCCCNC(=O)OC(C)(C)C)C(=O)N[C@@H](CO)C(N)=O. The molecule has 0 bridgehead atoms. The Kier molecular flexibility index (Phi) is 16.7. The van der Waals surface area contributed by atoms with Crippen LogP contribution in [-0.4, -0.2) is 83.3 Å². The fourth-order valence-corrected chi connectivity index (χ4v) is 4.51. The highest BCUT2D eigenvalue weighted by molar-refractivity contribution is 9.08. The van der Waals surface area contributed by atoms with Gasteiger partial charge in [-0.25, -0.2) is 4.79 Å². The third-order valence-electron chi connectivity index (χ3n) is 6.15. The molecule has 0 aliphatic heterocycles. The molecule has 0 spiro atoms. The monoisotopic (exact) mass is 713 g/mol. The number of hydrogen-bond donors (Lipinski definition) is 6. The molecule has 5 amide bonds. The molecule has 14 nitrogen and oxygen atoms in total. The van der Waals surface area contributed by atoms with E-state index in [0.29, 0.717) is 29.3 Å². The maximum Gasteiger partial charge on any atom is 0.407 e. The highest BCUT2D eigenvalue weighted by Crippen LogP contribution is 2.15. The van der Waals surface area contributed by atoms with Gasteiger partial charge in [-0.1, -0.05) is 34.1 Å². The van der Waals surface area contributed by atoms with Crippen molar-refractivity contribution in [3.63, 3.8) is 0 Å². The van der Waals surface area contributed by atoms with Gasteiger partial charge >= 0.3 is 12.1 Å². The van der Waals surface area contributed by atoms with Crippen molar-refractivity contribution in [3.05, 3.63) is 35.4 Å². The summed E-state index contributed by atoms with van der Waals surface area (Å²) in [6.07, 6.45) is -0.159. The molecule has 46 heavy (non-hydrogen) atoms. The van der Waals surface area contributed by atoms with E-state index in [1.165, 1.54) is 0 Å². The molecule has 15 heteroatoms. The number of carbonyl (C=O) groups is 6. The zero-order valence-corrected chi connectivity index (χ0v) is 29.0. The molecule has 7 N–H and O–H groups in total. The van der Waals surface area contributed by atoms with Gasteiger partial charge in [-0.15, -0.1) is 0 Å².